The van der Waals surface area contributed by atoms with Gasteiger partial charge in [-0.25, -0.2) is 4.99 Å². The van der Waals surface area contributed by atoms with Gasteiger partial charge in [0, 0.05) is 6.54 Å². The van der Waals surface area contributed by atoms with E-state index in [0.29, 0.717) is 29.9 Å². The minimum absolute atomic E-state index is 0.473. The number of nitrogens with two attached hydrogens (primary N) is 1. The van der Waals surface area contributed by atoms with Crippen molar-refractivity contribution in [3.8, 4) is 11.5 Å². The molecule has 0 radical (unpaired) electrons. The minimum atomic E-state index is 0.473. The second kappa shape index (κ2) is 8.30. The summed E-state index contributed by atoms with van der Waals surface area (Å²) in [4.78, 5) is 4.31. The lowest BCUT2D eigenvalue weighted by molar-refractivity contribution is 0.354. The molecule has 0 aliphatic rings. The number of guanidine groups is 1. The predicted octanol–water partition coefficient (Wildman–Crippen LogP) is 2.15. The summed E-state index contributed by atoms with van der Waals surface area (Å²) >= 11 is 0. The first-order valence-electron chi connectivity index (χ1n) is 6.81. The summed E-state index contributed by atoms with van der Waals surface area (Å²) in [5.41, 5.74) is 6.84. The normalized spacial score (nSPS) is 11.6. The van der Waals surface area contributed by atoms with Crippen molar-refractivity contribution in [3.63, 3.8) is 0 Å². The predicted molar refractivity (Wildman–Crippen MR) is 82.3 cm³/mol. The first-order chi connectivity index (χ1) is 9.56. The van der Waals surface area contributed by atoms with Crippen molar-refractivity contribution in [2.45, 2.75) is 26.8 Å². The number of nitrogens with zero attached hydrogens (tertiary/aromatic N) is 1. The second-order valence-electron chi connectivity index (χ2n) is 5.00. The largest absolute Gasteiger partial charge is 0.493 e. The molecule has 0 saturated heterocycles. The lowest BCUT2D eigenvalue weighted by atomic mass is 10.1. The van der Waals surface area contributed by atoms with Gasteiger partial charge in [-0.05, 0) is 30.0 Å². The van der Waals surface area contributed by atoms with Gasteiger partial charge >= 0.3 is 0 Å². The van der Waals surface area contributed by atoms with Crippen LogP contribution < -0.4 is 20.5 Å². The average Bonchev–Trinajstić information content (AvgIpc) is 2.44. The van der Waals surface area contributed by atoms with E-state index in [-0.39, 0.29) is 0 Å². The zero-order chi connectivity index (χ0) is 15.0. The molecule has 0 fully saturated rings. The van der Waals surface area contributed by atoms with Crippen molar-refractivity contribution in [2.24, 2.45) is 16.6 Å². The third kappa shape index (κ3) is 5.38. The molecule has 0 atom stereocenters. The summed E-state index contributed by atoms with van der Waals surface area (Å²) in [5, 5.41) is 3.11. The van der Waals surface area contributed by atoms with E-state index in [0.717, 1.165) is 18.5 Å². The molecule has 1 rings (SSSR count). The Hall–Kier alpha value is -1.91. The summed E-state index contributed by atoms with van der Waals surface area (Å²) in [6, 6.07) is 5.72. The van der Waals surface area contributed by atoms with Crippen LogP contribution in [-0.4, -0.2) is 26.7 Å². The quantitative estimate of drug-likeness (QED) is 0.593. The molecular formula is C15H25N3O2. The smallest absolute Gasteiger partial charge is 0.188 e. The SMILES string of the molecule is COc1ccc(CN=C(N)NCCC(C)C)cc1OC. The molecule has 0 spiro atoms. The molecule has 1 aromatic rings. The van der Waals surface area contributed by atoms with Gasteiger partial charge < -0.3 is 20.5 Å². The number of benzene rings is 1. The minimum Gasteiger partial charge on any atom is -0.493 e. The molecule has 0 saturated carbocycles. The van der Waals surface area contributed by atoms with E-state index in [9.17, 15) is 0 Å². The number of ether oxygens (including phenoxy) is 2. The Bertz CT molecular complexity index is 445. The molecule has 20 heavy (non-hydrogen) atoms. The van der Waals surface area contributed by atoms with Gasteiger partial charge in [-0.15, -0.1) is 0 Å². The molecule has 0 bridgehead atoms. The Labute approximate surface area is 121 Å². The van der Waals surface area contributed by atoms with E-state index >= 15 is 0 Å². The molecule has 1 aromatic carbocycles. The van der Waals surface area contributed by atoms with Crippen LogP contribution >= 0.6 is 0 Å². The lowest BCUT2D eigenvalue weighted by Gasteiger charge is -2.09. The molecule has 0 aliphatic carbocycles. The van der Waals surface area contributed by atoms with Gasteiger partial charge in [0.2, 0.25) is 0 Å². The van der Waals surface area contributed by atoms with Gasteiger partial charge in [0.25, 0.3) is 0 Å². The highest BCUT2D eigenvalue weighted by Gasteiger charge is 2.04. The maximum absolute atomic E-state index is 5.82. The average molecular weight is 279 g/mol. The highest BCUT2D eigenvalue weighted by atomic mass is 16.5. The Morgan fingerprint density at radius 1 is 1.25 bits per heavy atom. The van der Waals surface area contributed by atoms with Gasteiger partial charge in [-0.3, -0.25) is 0 Å². The van der Waals surface area contributed by atoms with E-state index < -0.39 is 0 Å². The molecule has 0 unspecified atom stereocenters. The number of aliphatic imine (C=N–C) groups is 1. The van der Waals surface area contributed by atoms with Crippen molar-refractivity contribution in [3.05, 3.63) is 23.8 Å². The summed E-state index contributed by atoms with van der Waals surface area (Å²) in [7, 11) is 3.24. The molecule has 0 amide bonds. The van der Waals surface area contributed by atoms with Crippen LogP contribution in [0.2, 0.25) is 0 Å². The maximum Gasteiger partial charge on any atom is 0.188 e. The summed E-state index contributed by atoms with van der Waals surface area (Å²) in [5.74, 6) is 2.54. The van der Waals surface area contributed by atoms with Crippen LogP contribution in [0, 0.1) is 5.92 Å². The van der Waals surface area contributed by atoms with E-state index in [1.165, 1.54) is 0 Å². The van der Waals surface area contributed by atoms with Crippen molar-refractivity contribution in [1.82, 2.24) is 5.32 Å². The molecule has 112 valence electrons. The first-order valence-corrected chi connectivity index (χ1v) is 6.81. The van der Waals surface area contributed by atoms with Crippen LogP contribution in [-0.2, 0) is 6.54 Å². The van der Waals surface area contributed by atoms with Crippen molar-refractivity contribution in [2.75, 3.05) is 20.8 Å². The third-order valence-corrected chi connectivity index (χ3v) is 2.91. The number of hydrogen-bond acceptors (Lipinski definition) is 3. The van der Waals surface area contributed by atoms with Crippen molar-refractivity contribution < 1.29 is 9.47 Å². The third-order valence-electron chi connectivity index (χ3n) is 2.91. The van der Waals surface area contributed by atoms with Gasteiger partial charge in [-0.1, -0.05) is 19.9 Å². The van der Waals surface area contributed by atoms with Crippen LogP contribution in [0.3, 0.4) is 0 Å². The monoisotopic (exact) mass is 279 g/mol. The van der Waals surface area contributed by atoms with Crippen LogP contribution in [0.5, 0.6) is 11.5 Å². The number of rotatable bonds is 7. The highest BCUT2D eigenvalue weighted by Crippen LogP contribution is 2.27. The molecule has 0 heterocycles. The fraction of sp³-hybridized carbons (Fsp3) is 0.533. The van der Waals surface area contributed by atoms with E-state index in [1.807, 2.05) is 18.2 Å². The molecule has 3 N–H and O–H groups in total. The Morgan fingerprint density at radius 2 is 1.95 bits per heavy atom. The maximum atomic E-state index is 5.82. The van der Waals surface area contributed by atoms with E-state index in [2.05, 4.69) is 24.2 Å². The number of methoxy groups -OCH3 is 2. The van der Waals surface area contributed by atoms with E-state index in [1.54, 1.807) is 14.2 Å². The van der Waals surface area contributed by atoms with Crippen LogP contribution in [0.4, 0.5) is 0 Å². The van der Waals surface area contributed by atoms with Crippen LogP contribution in [0.25, 0.3) is 0 Å². The summed E-state index contributed by atoms with van der Waals surface area (Å²) in [6.45, 7) is 5.72. The van der Waals surface area contributed by atoms with Crippen molar-refractivity contribution >= 4 is 5.96 Å². The lowest BCUT2D eigenvalue weighted by Crippen LogP contribution is -2.32. The fourth-order valence-corrected chi connectivity index (χ4v) is 1.70. The van der Waals surface area contributed by atoms with Gasteiger partial charge in [0.15, 0.2) is 17.5 Å². The Kier molecular flexibility index (Phi) is 6.70. The molecule has 5 nitrogen and oxygen atoms in total. The van der Waals surface area contributed by atoms with Gasteiger partial charge in [-0.2, -0.15) is 0 Å². The molecule has 0 aromatic heterocycles. The fourth-order valence-electron chi connectivity index (χ4n) is 1.70. The number of hydrogen-bond donors (Lipinski definition) is 2. The van der Waals surface area contributed by atoms with Crippen molar-refractivity contribution in [1.29, 1.82) is 0 Å². The van der Waals surface area contributed by atoms with Gasteiger partial charge in [0.1, 0.15) is 0 Å². The first kappa shape index (κ1) is 16.1. The van der Waals surface area contributed by atoms with Crippen LogP contribution in [0.1, 0.15) is 25.8 Å². The molecule has 5 heteroatoms. The Morgan fingerprint density at radius 3 is 2.55 bits per heavy atom. The zero-order valence-electron chi connectivity index (χ0n) is 12.8. The number of nitrogens with one attached hydrogen (secondary N) is 1. The van der Waals surface area contributed by atoms with E-state index in [4.69, 9.17) is 15.2 Å². The second-order valence-corrected chi connectivity index (χ2v) is 5.00. The summed E-state index contributed by atoms with van der Waals surface area (Å²) in [6.07, 6.45) is 1.08. The molecular weight excluding hydrogens is 254 g/mol. The highest BCUT2D eigenvalue weighted by molar-refractivity contribution is 5.77. The van der Waals surface area contributed by atoms with Gasteiger partial charge in [0.05, 0.1) is 20.8 Å². The zero-order valence-corrected chi connectivity index (χ0v) is 12.8. The topological polar surface area (TPSA) is 68.9 Å². The summed E-state index contributed by atoms with van der Waals surface area (Å²) < 4.78 is 10.4. The molecule has 0 aliphatic heterocycles. The standard InChI is InChI=1S/C15H25N3O2/c1-11(2)7-8-17-15(16)18-10-12-5-6-13(19-3)14(9-12)20-4/h5-6,9,11H,7-8,10H2,1-4H3,(H3,16,17,18). The Balaban J connectivity index is 2.55. The van der Waals surface area contributed by atoms with Crippen LogP contribution in [0.15, 0.2) is 23.2 Å².